The molecule has 0 radical (unpaired) electrons. The van der Waals surface area contributed by atoms with Crippen molar-refractivity contribution in [2.75, 3.05) is 20.2 Å². The highest BCUT2D eigenvalue weighted by atomic mass is 35.5. The van der Waals surface area contributed by atoms with Crippen LogP contribution in [0.1, 0.15) is 48.9 Å². The second-order valence-corrected chi connectivity index (χ2v) is 12.6. The number of carbonyl (C=O) groups excluding carboxylic acids is 2. The first-order valence-corrected chi connectivity index (χ1v) is 15.2. The molecule has 2 N–H and O–H groups in total. The van der Waals surface area contributed by atoms with Gasteiger partial charge in [-0.15, -0.1) is 0 Å². The fourth-order valence-electron chi connectivity index (χ4n) is 5.33. The van der Waals surface area contributed by atoms with Gasteiger partial charge in [0.25, 0.3) is 11.8 Å². The molecule has 10 nitrogen and oxygen atoms in total. The zero-order chi connectivity index (χ0) is 29.0. The maximum Gasteiger partial charge on any atom is 0.305 e. The maximum atomic E-state index is 13.9. The van der Waals surface area contributed by atoms with Crippen molar-refractivity contribution >= 4 is 51.0 Å². The number of aliphatic carboxylic acids is 1. The molecular formula is C27H31Cl2N3O7S. The molecule has 13 heteroatoms. The quantitative estimate of drug-likeness (QED) is 0.437. The molecule has 2 fully saturated rings. The molecule has 2 aliphatic rings. The monoisotopic (exact) mass is 611 g/mol. The SMILES string of the molecule is COc1ccc(C(=O)N2CCN(S(=O)(=O)c3ccc(Cl)c(Cl)c3)C2C(=O)NC(CC(=O)O)C2CCCCC2)cc1. The highest BCUT2D eigenvalue weighted by Crippen LogP contribution is 2.32. The summed E-state index contributed by atoms with van der Waals surface area (Å²) in [7, 11) is -2.83. The molecular weight excluding hydrogens is 581 g/mol. The summed E-state index contributed by atoms with van der Waals surface area (Å²) in [6.07, 6.45) is 2.52. The number of hydrogen-bond acceptors (Lipinski definition) is 6. The summed E-state index contributed by atoms with van der Waals surface area (Å²) in [4.78, 5) is 40.1. The number of carboxylic acid groups (broad SMARTS) is 1. The standard InChI is InChI=1S/C27H31Cl2N3O7S/c1-39-19-9-7-18(8-10-19)27(36)31-13-14-32(40(37,38)20-11-12-21(28)22(29)15-20)26(31)25(35)30-23(16-24(33)34)17-5-3-2-4-6-17/h7-12,15,17,23,26H,2-6,13-14,16H2,1H3,(H,30,35)(H,33,34). The zero-order valence-corrected chi connectivity index (χ0v) is 24.2. The van der Waals surface area contributed by atoms with E-state index in [4.69, 9.17) is 27.9 Å². The van der Waals surface area contributed by atoms with Crippen molar-refractivity contribution in [1.29, 1.82) is 0 Å². The van der Waals surface area contributed by atoms with Gasteiger partial charge in [0.05, 0.1) is 28.5 Å². The topological polar surface area (TPSA) is 133 Å². The van der Waals surface area contributed by atoms with Crippen LogP contribution in [0.2, 0.25) is 10.0 Å². The lowest BCUT2D eigenvalue weighted by Crippen LogP contribution is -2.56. The van der Waals surface area contributed by atoms with E-state index in [-0.39, 0.29) is 45.9 Å². The van der Waals surface area contributed by atoms with Crippen LogP contribution in [0.15, 0.2) is 47.4 Å². The summed E-state index contributed by atoms with van der Waals surface area (Å²) in [5.41, 5.74) is 0.238. The van der Waals surface area contributed by atoms with E-state index < -0.39 is 40.0 Å². The third-order valence-electron chi connectivity index (χ3n) is 7.40. The second-order valence-electron chi connectivity index (χ2n) is 9.90. The van der Waals surface area contributed by atoms with E-state index in [1.54, 1.807) is 12.1 Å². The second kappa shape index (κ2) is 12.8. The number of methoxy groups -OCH3 is 1. The predicted octanol–water partition coefficient (Wildman–Crippen LogP) is 4.01. The lowest BCUT2D eigenvalue weighted by Gasteiger charge is -2.34. The molecule has 40 heavy (non-hydrogen) atoms. The van der Waals surface area contributed by atoms with Gasteiger partial charge >= 0.3 is 5.97 Å². The lowest BCUT2D eigenvalue weighted by atomic mass is 9.82. The van der Waals surface area contributed by atoms with Crippen LogP contribution in [0.3, 0.4) is 0 Å². The number of nitrogens with one attached hydrogen (secondary N) is 1. The number of nitrogens with zero attached hydrogens (tertiary/aromatic N) is 2. The van der Waals surface area contributed by atoms with E-state index in [1.165, 1.54) is 42.3 Å². The van der Waals surface area contributed by atoms with Crippen molar-refractivity contribution in [3.8, 4) is 5.75 Å². The van der Waals surface area contributed by atoms with Gasteiger partial charge < -0.3 is 20.1 Å². The Morgan fingerprint density at radius 1 is 1.02 bits per heavy atom. The highest BCUT2D eigenvalue weighted by Gasteiger charge is 2.47. The fraction of sp³-hybridized carbons (Fsp3) is 0.444. The summed E-state index contributed by atoms with van der Waals surface area (Å²) in [5, 5.41) is 12.5. The Morgan fingerprint density at radius 3 is 2.30 bits per heavy atom. The molecule has 4 rings (SSSR count). The average molecular weight is 613 g/mol. The predicted molar refractivity (Wildman–Crippen MR) is 149 cm³/mol. The number of rotatable bonds is 9. The van der Waals surface area contributed by atoms with Gasteiger partial charge in [0, 0.05) is 24.7 Å². The van der Waals surface area contributed by atoms with Gasteiger partial charge in [-0.25, -0.2) is 8.42 Å². The van der Waals surface area contributed by atoms with E-state index in [0.29, 0.717) is 5.75 Å². The van der Waals surface area contributed by atoms with Crippen LogP contribution in [-0.4, -0.2) is 72.9 Å². The molecule has 1 heterocycles. The number of benzene rings is 2. The molecule has 2 amide bonds. The molecule has 1 saturated carbocycles. The fourth-order valence-corrected chi connectivity index (χ4v) is 7.27. The van der Waals surface area contributed by atoms with E-state index >= 15 is 0 Å². The number of ether oxygens (including phenoxy) is 1. The zero-order valence-electron chi connectivity index (χ0n) is 21.9. The number of hydrogen-bond donors (Lipinski definition) is 2. The van der Waals surface area contributed by atoms with Gasteiger partial charge in [-0.3, -0.25) is 14.4 Å². The lowest BCUT2D eigenvalue weighted by molar-refractivity contribution is -0.138. The van der Waals surface area contributed by atoms with Gasteiger partial charge in [-0.2, -0.15) is 4.31 Å². The Morgan fingerprint density at radius 2 is 1.70 bits per heavy atom. The van der Waals surface area contributed by atoms with Crippen LogP contribution in [0.5, 0.6) is 5.75 Å². The Hall–Kier alpha value is -2.86. The first-order chi connectivity index (χ1) is 19.0. The molecule has 2 unspecified atom stereocenters. The van der Waals surface area contributed by atoms with Gasteiger partial charge in [-0.1, -0.05) is 42.5 Å². The highest BCUT2D eigenvalue weighted by molar-refractivity contribution is 7.89. The number of carboxylic acids is 1. The maximum absolute atomic E-state index is 13.9. The number of amides is 2. The summed E-state index contributed by atoms with van der Waals surface area (Å²) in [6.45, 7) is -0.216. The van der Waals surface area contributed by atoms with Crippen LogP contribution in [0, 0.1) is 5.92 Å². The van der Waals surface area contributed by atoms with Crippen molar-refractivity contribution in [2.24, 2.45) is 5.92 Å². The molecule has 2 atom stereocenters. The van der Waals surface area contributed by atoms with Gasteiger partial charge in [0.1, 0.15) is 5.75 Å². The Bertz CT molecular complexity index is 1360. The van der Waals surface area contributed by atoms with Gasteiger partial charge in [0.2, 0.25) is 10.0 Å². The Kier molecular flexibility index (Phi) is 9.60. The number of halogens is 2. The first kappa shape index (κ1) is 30.1. The summed E-state index contributed by atoms with van der Waals surface area (Å²) in [5.74, 6) is -1.93. The average Bonchev–Trinajstić information content (AvgIpc) is 3.40. The molecule has 216 valence electrons. The Balaban J connectivity index is 1.70. The Labute approximate surface area is 243 Å². The molecule has 0 aromatic heterocycles. The molecule has 2 aromatic carbocycles. The van der Waals surface area contributed by atoms with E-state index in [1.807, 2.05) is 0 Å². The smallest absolute Gasteiger partial charge is 0.305 e. The van der Waals surface area contributed by atoms with Crippen molar-refractivity contribution in [1.82, 2.24) is 14.5 Å². The molecule has 2 aromatic rings. The van der Waals surface area contributed by atoms with E-state index in [2.05, 4.69) is 5.32 Å². The van der Waals surface area contributed by atoms with Crippen LogP contribution >= 0.6 is 23.2 Å². The van der Waals surface area contributed by atoms with Crippen molar-refractivity contribution in [3.05, 3.63) is 58.1 Å². The van der Waals surface area contributed by atoms with E-state index in [9.17, 15) is 27.9 Å². The number of carbonyl (C=O) groups is 3. The van der Waals surface area contributed by atoms with Crippen LogP contribution in [-0.2, 0) is 19.6 Å². The third-order valence-corrected chi connectivity index (χ3v) is 9.99. The normalized spacial score (nSPS) is 19.3. The third kappa shape index (κ3) is 6.54. The van der Waals surface area contributed by atoms with E-state index in [0.717, 1.165) is 36.4 Å². The largest absolute Gasteiger partial charge is 0.497 e. The van der Waals surface area contributed by atoms with Crippen LogP contribution in [0.4, 0.5) is 0 Å². The van der Waals surface area contributed by atoms with Crippen LogP contribution < -0.4 is 10.1 Å². The minimum absolute atomic E-state index is 0.0212. The van der Waals surface area contributed by atoms with Gasteiger partial charge in [0.15, 0.2) is 6.17 Å². The van der Waals surface area contributed by atoms with Crippen LogP contribution in [0.25, 0.3) is 0 Å². The number of sulfonamides is 1. The summed E-state index contributed by atoms with van der Waals surface area (Å²) >= 11 is 12.1. The van der Waals surface area contributed by atoms with Crippen molar-refractivity contribution in [2.45, 2.75) is 55.6 Å². The van der Waals surface area contributed by atoms with Gasteiger partial charge in [-0.05, 0) is 61.2 Å². The minimum Gasteiger partial charge on any atom is -0.497 e. The minimum atomic E-state index is -4.32. The summed E-state index contributed by atoms with van der Waals surface area (Å²) in [6, 6.07) is 9.35. The molecule has 1 aliphatic heterocycles. The van der Waals surface area contributed by atoms with Crippen molar-refractivity contribution < 1.29 is 32.6 Å². The molecule has 0 bridgehead atoms. The first-order valence-electron chi connectivity index (χ1n) is 13.0. The molecule has 1 aliphatic carbocycles. The molecule has 1 saturated heterocycles. The van der Waals surface area contributed by atoms with Crippen molar-refractivity contribution in [3.63, 3.8) is 0 Å². The summed E-state index contributed by atoms with van der Waals surface area (Å²) < 4.78 is 33.6. The molecule has 0 spiro atoms.